The quantitative estimate of drug-likeness (QED) is 0.868. The van der Waals surface area contributed by atoms with E-state index in [1.54, 1.807) is 11.8 Å². The van der Waals surface area contributed by atoms with Crippen LogP contribution in [-0.4, -0.2) is 21.3 Å². The number of rotatable bonds is 4. The Morgan fingerprint density at radius 3 is 3.00 bits per heavy atom. The Hall–Kier alpha value is -0.710. The number of halogens is 1. The van der Waals surface area contributed by atoms with Gasteiger partial charge in [-0.05, 0) is 24.6 Å². The number of imidazole rings is 1. The van der Waals surface area contributed by atoms with Crippen molar-refractivity contribution in [3.8, 4) is 0 Å². The van der Waals surface area contributed by atoms with Crippen LogP contribution in [-0.2, 0) is 7.05 Å². The summed E-state index contributed by atoms with van der Waals surface area (Å²) in [6.07, 6.45) is 0.989. The van der Waals surface area contributed by atoms with Crippen LogP contribution in [0.5, 0.6) is 0 Å². The molecular formula is C12H16ClN3S. The first-order valence-corrected chi connectivity index (χ1v) is 6.98. The van der Waals surface area contributed by atoms with E-state index in [1.165, 1.54) is 0 Å². The highest BCUT2D eigenvalue weighted by Crippen LogP contribution is 2.25. The summed E-state index contributed by atoms with van der Waals surface area (Å²) in [5.41, 5.74) is 7.95. The van der Waals surface area contributed by atoms with E-state index in [1.807, 2.05) is 25.2 Å². The average Bonchev–Trinajstić information content (AvgIpc) is 2.62. The first kappa shape index (κ1) is 12.7. The van der Waals surface area contributed by atoms with Crippen LogP contribution >= 0.6 is 23.4 Å². The zero-order valence-electron chi connectivity index (χ0n) is 9.98. The smallest absolute Gasteiger partial charge is 0.168 e. The molecule has 1 aromatic heterocycles. The van der Waals surface area contributed by atoms with Crippen LogP contribution in [0.4, 0.5) is 0 Å². The van der Waals surface area contributed by atoms with Crippen molar-refractivity contribution >= 4 is 34.4 Å². The molecule has 0 bridgehead atoms. The topological polar surface area (TPSA) is 43.8 Å². The molecule has 0 aliphatic heterocycles. The van der Waals surface area contributed by atoms with Gasteiger partial charge < -0.3 is 10.3 Å². The summed E-state index contributed by atoms with van der Waals surface area (Å²) in [6.45, 7) is 2.10. The summed E-state index contributed by atoms with van der Waals surface area (Å²) >= 11 is 7.65. The Morgan fingerprint density at radius 1 is 1.53 bits per heavy atom. The second-order valence-corrected chi connectivity index (χ2v) is 5.49. The number of fused-ring (bicyclic) bond motifs is 1. The molecule has 1 heterocycles. The molecule has 2 rings (SSSR count). The summed E-state index contributed by atoms with van der Waals surface area (Å²) < 4.78 is 2.08. The average molecular weight is 270 g/mol. The van der Waals surface area contributed by atoms with Gasteiger partial charge in [-0.15, -0.1) is 0 Å². The number of thioether (sulfide) groups is 1. The van der Waals surface area contributed by atoms with Gasteiger partial charge in [0, 0.05) is 23.9 Å². The van der Waals surface area contributed by atoms with Crippen molar-refractivity contribution in [2.24, 2.45) is 12.8 Å². The Labute approximate surface area is 110 Å². The second kappa shape index (κ2) is 5.29. The Balaban J connectivity index is 2.26. The highest BCUT2D eigenvalue weighted by molar-refractivity contribution is 7.99. The molecule has 5 heteroatoms. The molecule has 1 atom stereocenters. The Bertz CT molecular complexity index is 524. The van der Waals surface area contributed by atoms with Gasteiger partial charge in [-0.1, -0.05) is 30.3 Å². The first-order chi connectivity index (χ1) is 8.11. The summed E-state index contributed by atoms with van der Waals surface area (Å²) in [4.78, 5) is 4.57. The van der Waals surface area contributed by atoms with Gasteiger partial charge in [0.2, 0.25) is 0 Å². The second-order valence-electron chi connectivity index (χ2n) is 4.07. The van der Waals surface area contributed by atoms with Gasteiger partial charge in [0.15, 0.2) is 5.16 Å². The van der Waals surface area contributed by atoms with Crippen molar-refractivity contribution in [2.45, 2.75) is 24.5 Å². The number of aromatic nitrogens is 2. The van der Waals surface area contributed by atoms with Crippen molar-refractivity contribution in [1.29, 1.82) is 0 Å². The molecule has 1 unspecified atom stereocenters. The molecule has 0 saturated heterocycles. The molecule has 0 saturated carbocycles. The minimum Gasteiger partial charge on any atom is -0.327 e. The van der Waals surface area contributed by atoms with E-state index in [-0.39, 0.29) is 6.04 Å². The van der Waals surface area contributed by atoms with Crippen LogP contribution in [0.1, 0.15) is 13.3 Å². The molecule has 0 fully saturated rings. The fraction of sp³-hybridized carbons (Fsp3) is 0.417. The van der Waals surface area contributed by atoms with Crippen LogP contribution in [0, 0.1) is 0 Å². The van der Waals surface area contributed by atoms with Gasteiger partial charge in [0.05, 0.1) is 11.0 Å². The third kappa shape index (κ3) is 2.76. The molecule has 0 aliphatic carbocycles. The van der Waals surface area contributed by atoms with Crippen LogP contribution in [0.2, 0.25) is 5.02 Å². The Kier molecular flexibility index (Phi) is 3.97. The third-order valence-electron chi connectivity index (χ3n) is 2.75. The molecule has 92 valence electrons. The summed E-state index contributed by atoms with van der Waals surface area (Å²) in [6, 6.07) is 6.00. The van der Waals surface area contributed by atoms with Gasteiger partial charge in [0.25, 0.3) is 0 Å². The summed E-state index contributed by atoms with van der Waals surface area (Å²) in [5.74, 6) is 0.890. The number of nitrogens with two attached hydrogens (primary N) is 1. The molecule has 3 nitrogen and oxygen atoms in total. The maximum atomic E-state index is 5.95. The van der Waals surface area contributed by atoms with Crippen LogP contribution < -0.4 is 5.73 Å². The van der Waals surface area contributed by atoms with E-state index >= 15 is 0 Å². The van der Waals surface area contributed by atoms with Crippen LogP contribution in [0.3, 0.4) is 0 Å². The molecule has 0 spiro atoms. The van der Waals surface area contributed by atoms with Gasteiger partial charge in [0.1, 0.15) is 0 Å². The summed E-state index contributed by atoms with van der Waals surface area (Å²) in [5, 5.41) is 1.71. The molecule has 2 aromatic rings. The fourth-order valence-corrected chi connectivity index (χ4v) is 2.80. The predicted molar refractivity (Wildman–Crippen MR) is 74.7 cm³/mol. The Morgan fingerprint density at radius 2 is 2.29 bits per heavy atom. The summed E-state index contributed by atoms with van der Waals surface area (Å²) in [7, 11) is 2.02. The van der Waals surface area contributed by atoms with Crippen molar-refractivity contribution < 1.29 is 0 Å². The largest absolute Gasteiger partial charge is 0.327 e. The molecule has 0 radical (unpaired) electrons. The number of benzene rings is 1. The SMILES string of the molecule is CCC(N)CSc1nc2cc(Cl)ccc2n1C. The maximum absolute atomic E-state index is 5.95. The van der Waals surface area contributed by atoms with E-state index in [0.717, 1.165) is 33.4 Å². The number of hydrogen-bond donors (Lipinski definition) is 1. The van der Waals surface area contributed by atoms with Crippen LogP contribution in [0.25, 0.3) is 11.0 Å². The van der Waals surface area contributed by atoms with E-state index in [9.17, 15) is 0 Å². The van der Waals surface area contributed by atoms with E-state index in [4.69, 9.17) is 17.3 Å². The molecule has 0 aliphatic rings. The lowest BCUT2D eigenvalue weighted by Crippen LogP contribution is -2.21. The van der Waals surface area contributed by atoms with Crippen molar-refractivity contribution in [3.63, 3.8) is 0 Å². The molecule has 1 aromatic carbocycles. The monoisotopic (exact) mass is 269 g/mol. The van der Waals surface area contributed by atoms with Gasteiger partial charge >= 0.3 is 0 Å². The molecule has 2 N–H and O–H groups in total. The fourth-order valence-electron chi connectivity index (χ4n) is 1.58. The van der Waals surface area contributed by atoms with Gasteiger partial charge in [-0.25, -0.2) is 4.98 Å². The lowest BCUT2D eigenvalue weighted by Gasteiger charge is -2.07. The van der Waals surface area contributed by atoms with Crippen molar-refractivity contribution in [2.75, 3.05) is 5.75 Å². The maximum Gasteiger partial charge on any atom is 0.168 e. The van der Waals surface area contributed by atoms with Crippen molar-refractivity contribution in [3.05, 3.63) is 23.2 Å². The van der Waals surface area contributed by atoms with E-state index < -0.39 is 0 Å². The van der Waals surface area contributed by atoms with E-state index in [2.05, 4.69) is 16.5 Å². The first-order valence-electron chi connectivity index (χ1n) is 5.62. The van der Waals surface area contributed by atoms with Gasteiger partial charge in [-0.3, -0.25) is 0 Å². The number of nitrogens with zero attached hydrogens (tertiary/aromatic N) is 2. The minimum atomic E-state index is 0.225. The van der Waals surface area contributed by atoms with Crippen LogP contribution in [0.15, 0.2) is 23.4 Å². The van der Waals surface area contributed by atoms with E-state index in [0.29, 0.717) is 0 Å². The minimum absolute atomic E-state index is 0.225. The highest BCUT2D eigenvalue weighted by atomic mass is 35.5. The lowest BCUT2D eigenvalue weighted by atomic mass is 10.3. The zero-order chi connectivity index (χ0) is 12.4. The molecular weight excluding hydrogens is 254 g/mol. The lowest BCUT2D eigenvalue weighted by molar-refractivity contribution is 0.720. The highest BCUT2D eigenvalue weighted by Gasteiger charge is 2.09. The molecule has 17 heavy (non-hydrogen) atoms. The number of aryl methyl sites for hydroxylation is 1. The van der Waals surface area contributed by atoms with Gasteiger partial charge in [-0.2, -0.15) is 0 Å². The normalized spacial score (nSPS) is 13.2. The predicted octanol–water partition coefficient (Wildman–Crippen LogP) is 3.06. The number of hydrogen-bond acceptors (Lipinski definition) is 3. The zero-order valence-corrected chi connectivity index (χ0v) is 11.6. The standard InChI is InChI=1S/C12H16ClN3S/c1-3-9(14)7-17-12-15-10-6-8(13)4-5-11(10)16(12)2/h4-6,9H,3,7,14H2,1-2H3. The molecule has 0 amide bonds. The van der Waals surface area contributed by atoms with Crippen molar-refractivity contribution in [1.82, 2.24) is 9.55 Å². The third-order valence-corrected chi connectivity index (χ3v) is 4.21.